The van der Waals surface area contributed by atoms with Gasteiger partial charge in [-0.3, -0.25) is 9.71 Å². The maximum Gasteiger partial charge on any atom is 0.301 e. The molecule has 0 bridgehead atoms. The van der Waals surface area contributed by atoms with E-state index in [0.717, 1.165) is 10.8 Å². The summed E-state index contributed by atoms with van der Waals surface area (Å²) in [5.41, 5.74) is 0.492. The van der Waals surface area contributed by atoms with Crippen LogP contribution in [0, 0.1) is 0 Å². The van der Waals surface area contributed by atoms with E-state index in [4.69, 9.17) is 5.11 Å². The highest BCUT2D eigenvalue weighted by molar-refractivity contribution is 7.90. The van der Waals surface area contributed by atoms with Gasteiger partial charge in [0.15, 0.2) is 0 Å². The van der Waals surface area contributed by atoms with E-state index < -0.39 is 10.2 Å². The Labute approximate surface area is 118 Å². The molecule has 6 nitrogen and oxygen atoms in total. The number of aliphatic hydroxyl groups excluding tert-OH is 1. The van der Waals surface area contributed by atoms with Crippen molar-refractivity contribution in [3.63, 3.8) is 0 Å². The molecule has 20 heavy (non-hydrogen) atoms. The molecule has 0 fully saturated rings. The van der Waals surface area contributed by atoms with Crippen LogP contribution in [0.3, 0.4) is 0 Å². The number of nitrogens with zero attached hydrogens (tertiary/aromatic N) is 2. The van der Waals surface area contributed by atoms with E-state index in [-0.39, 0.29) is 13.2 Å². The first-order valence-corrected chi connectivity index (χ1v) is 7.66. The predicted octanol–water partition coefficient (Wildman–Crippen LogP) is 1.21. The highest BCUT2D eigenvalue weighted by Gasteiger charge is 2.17. The van der Waals surface area contributed by atoms with Crippen LogP contribution in [-0.4, -0.2) is 43.0 Å². The van der Waals surface area contributed by atoms with Gasteiger partial charge < -0.3 is 5.11 Å². The second-order valence-electron chi connectivity index (χ2n) is 4.41. The summed E-state index contributed by atoms with van der Waals surface area (Å²) in [6, 6.07) is 7.20. The molecule has 2 N–H and O–H groups in total. The molecule has 0 amide bonds. The first kappa shape index (κ1) is 14.7. The van der Waals surface area contributed by atoms with Crippen molar-refractivity contribution in [2.75, 3.05) is 24.9 Å². The number of aromatic nitrogens is 1. The third-order valence-electron chi connectivity index (χ3n) is 2.96. The van der Waals surface area contributed by atoms with Gasteiger partial charge in [-0.05, 0) is 23.9 Å². The van der Waals surface area contributed by atoms with Gasteiger partial charge in [0.2, 0.25) is 0 Å². The van der Waals surface area contributed by atoms with E-state index in [1.807, 2.05) is 12.1 Å². The van der Waals surface area contributed by atoms with Crippen LogP contribution >= 0.6 is 0 Å². The number of nitrogens with one attached hydrogen (secondary N) is 1. The first-order valence-electron chi connectivity index (χ1n) is 6.22. The van der Waals surface area contributed by atoms with Gasteiger partial charge in [0.25, 0.3) is 0 Å². The zero-order valence-electron chi connectivity index (χ0n) is 11.2. The molecule has 0 saturated carbocycles. The van der Waals surface area contributed by atoms with Crippen molar-refractivity contribution < 1.29 is 13.5 Å². The van der Waals surface area contributed by atoms with Gasteiger partial charge in [-0.15, -0.1) is 0 Å². The summed E-state index contributed by atoms with van der Waals surface area (Å²) in [6.45, 7) is 0.215. The summed E-state index contributed by atoms with van der Waals surface area (Å²) in [5.74, 6) is 0. The van der Waals surface area contributed by atoms with Crippen molar-refractivity contribution in [2.45, 2.75) is 6.42 Å². The lowest BCUT2D eigenvalue weighted by Gasteiger charge is -2.18. The molecule has 7 heteroatoms. The van der Waals surface area contributed by atoms with Crippen LogP contribution in [0.25, 0.3) is 10.8 Å². The van der Waals surface area contributed by atoms with E-state index >= 15 is 0 Å². The average Bonchev–Trinajstić information content (AvgIpc) is 2.44. The Morgan fingerprint density at radius 1 is 1.35 bits per heavy atom. The Bertz CT molecular complexity index is 683. The summed E-state index contributed by atoms with van der Waals surface area (Å²) in [5, 5.41) is 10.4. The van der Waals surface area contributed by atoms with Crippen LogP contribution in [-0.2, 0) is 10.2 Å². The molecular formula is C13H17N3O3S. The molecule has 0 aliphatic heterocycles. The van der Waals surface area contributed by atoms with Gasteiger partial charge in [0, 0.05) is 38.0 Å². The number of anilines is 1. The van der Waals surface area contributed by atoms with Crippen molar-refractivity contribution in [3.8, 4) is 0 Å². The highest BCUT2D eigenvalue weighted by atomic mass is 32.2. The number of benzene rings is 1. The third kappa shape index (κ3) is 3.24. The monoisotopic (exact) mass is 295 g/mol. The molecule has 1 aromatic carbocycles. The summed E-state index contributed by atoms with van der Waals surface area (Å²) in [6.07, 6.45) is 3.68. The van der Waals surface area contributed by atoms with Crippen molar-refractivity contribution in [3.05, 3.63) is 36.7 Å². The van der Waals surface area contributed by atoms with Crippen molar-refractivity contribution in [1.82, 2.24) is 9.29 Å². The van der Waals surface area contributed by atoms with Gasteiger partial charge in [-0.1, -0.05) is 12.1 Å². The SMILES string of the molecule is CN(CCCO)S(=O)(=O)Nc1cccc2ccncc12. The summed E-state index contributed by atoms with van der Waals surface area (Å²) < 4.78 is 28.0. The standard InChI is InChI=1S/C13H17N3O3S/c1-16(8-3-9-17)20(18,19)15-13-5-2-4-11-6-7-14-10-12(11)13/h2,4-7,10,15,17H,3,8-9H2,1H3. The normalized spacial score (nSPS) is 11.9. The summed E-state index contributed by atoms with van der Waals surface area (Å²) in [4.78, 5) is 4.02. The second kappa shape index (κ2) is 6.17. The van der Waals surface area contributed by atoms with Gasteiger partial charge in [0.1, 0.15) is 0 Å². The van der Waals surface area contributed by atoms with Crippen molar-refractivity contribution in [1.29, 1.82) is 0 Å². The predicted molar refractivity (Wildman–Crippen MR) is 78.6 cm³/mol. The zero-order chi connectivity index (χ0) is 14.6. The van der Waals surface area contributed by atoms with Crippen LogP contribution in [0.4, 0.5) is 5.69 Å². The van der Waals surface area contributed by atoms with Gasteiger partial charge >= 0.3 is 10.2 Å². The lowest BCUT2D eigenvalue weighted by molar-refractivity contribution is 0.276. The number of hydrogen-bond donors (Lipinski definition) is 2. The molecule has 2 aromatic rings. The summed E-state index contributed by atoms with van der Waals surface area (Å²) >= 11 is 0. The van der Waals surface area contributed by atoms with Gasteiger partial charge in [-0.2, -0.15) is 12.7 Å². The smallest absolute Gasteiger partial charge is 0.301 e. The van der Waals surface area contributed by atoms with E-state index in [0.29, 0.717) is 12.1 Å². The third-order valence-corrected chi connectivity index (χ3v) is 4.45. The second-order valence-corrected chi connectivity index (χ2v) is 6.19. The van der Waals surface area contributed by atoms with Crippen LogP contribution in [0.15, 0.2) is 36.7 Å². The quantitative estimate of drug-likeness (QED) is 0.839. The summed E-state index contributed by atoms with van der Waals surface area (Å²) in [7, 11) is -2.16. The molecule has 1 heterocycles. The molecule has 0 aliphatic rings. The Kier molecular flexibility index (Phi) is 4.53. The van der Waals surface area contributed by atoms with Crippen LogP contribution in [0.1, 0.15) is 6.42 Å². The van der Waals surface area contributed by atoms with Crippen LogP contribution in [0.5, 0.6) is 0 Å². The van der Waals surface area contributed by atoms with Gasteiger partial charge in [-0.25, -0.2) is 0 Å². The largest absolute Gasteiger partial charge is 0.396 e. The zero-order valence-corrected chi connectivity index (χ0v) is 12.0. The topological polar surface area (TPSA) is 82.5 Å². The Morgan fingerprint density at radius 2 is 2.15 bits per heavy atom. The fraction of sp³-hybridized carbons (Fsp3) is 0.308. The number of fused-ring (bicyclic) bond motifs is 1. The number of aliphatic hydroxyl groups is 1. The van der Waals surface area contributed by atoms with Crippen molar-refractivity contribution in [2.24, 2.45) is 0 Å². The maximum atomic E-state index is 12.2. The lowest BCUT2D eigenvalue weighted by Crippen LogP contribution is -2.33. The molecule has 0 atom stereocenters. The molecule has 0 radical (unpaired) electrons. The first-order chi connectivity index (χ1) is 9.54. The fourth-order valence-corrected chi connectivity index (χ4v) is 2.81. The molecular weight excluding hydrogens is 278 g/mol. The minimum Gasteiger partial charge on any atom is -0.396 e. The Balaban J connectivity index is 2.27. The maximum absolute atomic E-state index is 12.2. The average molecular weight is 295 g/mol. The molecule has 0 spiro atoms. The molecule has 108 valence electrons. The molecule has 0 aliphatic carbocycles. The lowest BCUT2D eigenvalue weighted by atomic mass is 10.1. The number of pyridine rings is 1. The van der Waals surface area contributed by atoms with Crippen LogP contribution in [0.2, 0.25) is 0 Å². The van der Waals surface area contributed by atoms with E-state index in [1.165, 1.54) is 11.4 Å². The Morgan fingerprint density at radius 3 is 2.90 bits per heavy atom. The molecule has 0 unspecified atom stereocenters. The van der Waals surface area contributed by atoms with Crippen LogP contribution < -0.4 is 4.72 Å². The minimum atomic E-state index is -3.63. The fourth-order valence-electron chi connectivity index (χ4n) is 1.83. The minimum absolute atomic E-state index is 0.0436. The number of hydrogen-bond acceptors (Lipinski definition) is 4. The van der Waals surface area contributed by atoms with E-state index in [1.54, 1.807) is 24.5 Å². The molecule has 1 aromatic heterocycles. The van der Waals surface area contributed by atoms with Crippen molar-refractivity contribution >= 4 is 26.7 Å². The Hall–Kier alpha value is -1.70. The van der Waals surface area contributed by atoms with Gasteiger partial charge in [0.05, 0.1) is 5.69 Å². The molecule has 2 rings (SSSR count). The highest BCUT2D eigenvalue weighted by Crippen LogP contribution is 2.23. The van der Waals surface area contributed by atoms with E-state index in [9.17, 15) is 8.42 Å². The number of rotatable bonds is 6. The van der Waals surface area contributed by atoms with E-state index in [2.05, 4.69) is 9.71 Å². The molecule has 0 saturated heterocycles.